The molecule has 4 nitrogen and oxygen atoms in total. The first kappa shape index (κ1) is 13.9. The van der Waals surface area contributed by atoms with Gasteiger partial charge in [0, 0.05) is 14.1 Å². The molecule has 0 spiro atoms. The standard InChI is InChI=1S/C16H16BrN3O/c1-19(2)14-10-6-8-12-15(17)18-16(20(12)14)11-7-4-5-9-13(11)21-3/h4-10H,1-3H3. The summed E-state index contributed by atoms with van der Waals surface area (Å²) in [7, 11) is 5.72. The van der Waals surface area contributed by atoms with E-state index in [0.29, 0.717) is 0 Å². The molecule has 0 atom stereocenters. The van der Waals surface area contributed by atoms with E-state index in [4.69, 9.17) is 4.74 Å². The van der Waals surface area contributed by atoms with Crippen LogP contribution in [0.15, 0.2) is 47.1 Å². The zero-order valence-corrected chi connectivity index (χ0v) is 13.8. The van der Waals surface area contributed by atoms with Crippen LogP contribution < -0.4 is 9.64 Å². The normalized spacial score (nSPS) is 10.9. The van der Waals surface area contributed by atoms with E-state index >= 15 is 0 Å². The smallest absolute Gasteiger partial charge is 0.151 e. The van der Waals surface area contributed by atoms with Gasteiger partial charge in [-0.25, -0.2) is 4.98 Å². The monoisotopic (exact) mass is 345 g/mol. The van der Waals surface area contributed by atoms with E-state index in [2.05, 4.69) is 36.3 Å². The van der Waals surface area contributed by atoms with Crippen molar-refractivity contribution in [2.24, 2.45) is 0 Å². The van der Waals surface area contributed by atoms with Gasteiger partial charge in [0.25, 0.3) is 0 Å². The van der Waals surface area contributed by atoms with Gasteiger partial charge in [-0.3, -0.25) is 4.40 Å². The molecule has 2 heterocycles. The Balaban J connectivity index is 2.38. The number of halogens is 1. The van der Waals surface area contributed by atoms with Gasteiger partial charge in [0.2, 0.25) is 0 Å². The first-order valence-corrected chi connectivity index (χ1v) is 7.40. The minimum absolute atomic E-state index is 0.811. The molecule has 0 N–H and O–H groups in total. The van der Waals surface area contributed by atoms with E-state index in [1.165, 1.54) is 0 Å². The lowest BCUT2D eigenvalue weighted by molar-refractivity contribution is 0.416. The SMILES string of the molecule is COc1ccccc1-c1nc(Br)c2cccc(N(C)C)n12. The maximum absolute atomic E-state index is 5.48. The molecule has 0 saturated carbocycles. The lowest BCUT2D eigenvalue weighted by atomic mass is 10.2. The molecule has 5 heteroatoms. The molecule has 2 aromatic heterocycles. The van der Waals surface area contributed by atoms with Gasteiger partial charge >= 0.3 is 0 Å². The molecule has 0 unspecified atom stereocenters. The first-order chi connectivity index (χ1) is 10.1. The topological polar surface area (TPSA) is 29.8 Å². The Morgan fingerprint density at radius 1 is 1.10 bits per heavy atom. The Hall–Kier alpha value is -2.01. The van der Waals surface area contributed by atoms with Crippen molar-refractivity contribution in [3.63, 3.8) is 0 Å². The highest BCUT2D eigenvalue weighted by atomic mass is 79.9. The fraction of sp³-hybridized carbons (Fsp3) is 0.188. The van der Waals surface area contributed by atoms with Crippen molar-refractivity contribution in [3.05, 3.63) is 47.1 Å². The Labute approximate surface area is 132 Å². The highest BCUT2D eigenvalue weighted by Gasteiger charge is 2.17. The van der Waals surface area contributed by atoms with Crippen LogP contribution in [0.1, 0.15) is 0 Å². The molecule has 21 heavy (non-hydrogen) atoms. The zero-order chi connectivity index (χ0) is 15.0. The lowest BCUT2D eigenvalue weighted by Gasteiger charge is -2.17. The molecule has 3 aromatic rings. The van der Waals surface area contributed by atoms with E-state index in [0.717, 1.165) is 33.1 Å². The van der Waals surface area contributed by atoms with Crippen LogP contribution in [-0.4, -0.2) is 30.6 Å². The largest absolute Gasteiger partial charge is 0.496 e. The van der Waals surface area contributed by atoms with Gasteiger partial charge in [0.15, 0.2) is 5.82 Å². The molecule has 0 aliphatic rings. The van der Waals surface area contributed by atoms with E-state index in [1.54, 1.807) is 7.11 Å². The zero-order valence-electron chi connectivity index (χ0n) is 12.2. The molecule has 1 aromatic carbocycles. The molecule has 0 bridgehead atoms. The average molecular weight is 346 g/mol. The van der Waals surface area contributed by atoms with Gasteiger partial charge in [-0.2, -0.15) is 0 Å². The summed E-state index contributed by atoms with van der Waals surface area (Å²) in [6.07, 6.45) is 0. The van der Waals surface area contributed by atoms with Crippen molar-refractivity contribution in [2.75, 3.05) is 26.1 Å². The van der Waals surface area contributed by atoms with Crippen LogP contribution >= 0.6 is 15.9 Å². The second kappa shape index (κ2) is 5.41. The number of ether oxygens (including phenoxy) is 1. The van der Waals surface area contributed by atoms with Gasteiger partial charge < -0.3 is 9.64 Å². The number of pyridine rings is 1. The first-order valence-electron chi connectivity index (χ1n) is 6.61. The summed E-state index contributed by atoms with van der Waals surface area (Å²) in [6, 6.07) is 14.1. The van der Waals surface area contributed by atoms with Crippen LogP contribution in [0, 0.1) is 0 Å². The summed E-state index contributed by atoms with van der Waals surface area (Å²) in [5, 5.41) is 0. The Bertz CT molecular complexity index is 795. The summed E-state index contributed by atoms with van der Waals surface area (Å²) in [5.41, 5.74) is 2.00. The summed E-state index contributed by atoms with van der Waals surface area (Å²) < 4.78 is 8.43. The molecular formula is C16H16BrN3O. The number of hydrogen-bond acceptors (Lipinski definition) is 3. The Morgan fingerprint density at radius 3 is 2.57 bits per heavy atom. The number of hydrogen-bond donors (Lipinski definition) is 0. The van der Waals surface area contributed by atoms with Gasteiger partial charge in [0.1, 0.15) is 16.2 Å². The molecule has 0 aliphatic carbocycles. The van der Waals surface area contributed by atoms with Gasteiger partial charge in [-0.1, -0.05) is 18.2 Å². The fourth-order valence-corrected chi connectivity index (χ4v) is 2.92. The quantitative estimate of drug-likeness (QED) is 0.722. The van der Waals surface area contributed by atoms with Crippen molar-refractivity contribution in [1.82, 2.24) is 9.38 Å². The Morgan fingerprint density at radius 2 is 1.86 bits per heavy atom. The molecule has 3 rings (SSSR count). The highest BCUT2D eigenvalue weighted by molar-refractivity contribution is 9.10. The Kier molecular flexibility index (Phi) is 3.59. The van der Waals surface area contributed by atoms with Crippen LogP contribution in [-0.2, 0) is 0 Å². The lowest BCUT2D eigenvalue weighted by Crippen LogP contribution is -2.13. The van der Waals surface area contributed by atoms with E-state index in [-0.39, 0.29) is 0 Å². The van der Waals surface area contributed by atoms with Crippen molar-refractivity contribution >= 4 is 27.3 Å². The van der Waals surface area contributed by atoms with Crippen molar-refractivity contribution < 1.29 is 4.74 Å². The molecule has 108 valence electrons. The third-order valence-corrected chi connectivity index (χ3v) is 3.99. The summed E-state index contributed by atoms with van der Waals surface area (Å²) in [5.74, 6) is 2.73. The molecule has 0 fully saturated rings. The number of imidazole rings is 1. The predicted molar refractivity (Wildman–Crippen MR) is 89.2 cm³/mol. The van der Waals surface area contributed by atoms with Crippen molar-refractivity contribution in [2.45, 2.75) is 0 Å². The highest BCUT2D eigenvalue weighted by Crippen LogP contribution is 2.34. The summed E-state index contributed by atoms with van der Waals surface area (Å²) in [6.45, 7) is 0. The van der Waals surface area contributed by atoms with Gasteiger partial charge in [-0.05, 0) is 40.2 Å². The second-order valence-corrected chi connectivity index (χ2v) is 5.68. The number of para-hydroxylation sites is 1. The van der Waals surface area contributed by atoms with Gasteiger partial charge in [-0.15, -0.1) is 0 Å². The van der Waals surface area contributed by atoms with E-state index in [1.807, 2.05) is 50.5 Å². The number of methoxy groups -OCH3 is 1. The van der Waals surface area contributed by atoms with Crippen LogP contribution in [0.3, 0.4) is 0 Å². The molecule has 0 amide bonds. The minimum atomic E-state index is 0.811. The maximum atomic E-state index is 5.48. The number of benzene rings is 1. The number of fused-ring (bicyclic) bond motifs is 1. The number of anilines is 1. The minimum Gasteiger partial charge on any atom is -0.496 e. The van der Waals surface area contributed by atoms with Crippen LogP contribution in [0.4, 0.5) is 5.82 Å². The van der Waals surface area contributed by atoms with Crippen LogP contribution in [0.5, 0.6) is 5.75 Å². The van der Waals surface area contributed by atoms with Crippen LogP contribution in [0.2, 0.25) is 0 Å². The molecule has 0 aliphatic heterocycles. The van der Waals surface area contributed by atoms with Crippen LogP contribution in [0.25, 0.3) is 16.9 Å². The third kappa shape index (κ3) is 2.27. The number of rotatable bonds is 3. The van der Waals surface area contributed by atoms with E-state index in [9.17, 15) is 0 Å². The third-order valence-electron chi connectivity index (χ3n) is 3.40. The molecule has 0 saturated heterocycles. The fourth-order valence-electron chi connectivity index (χ4n) is 2.44. The molecular weight excluding hydrogens is 330 g/mol. The van der Waals surface area contributed by atoms with E-state index < -0.39 is 0 Å². The maximum Gasteiger partial charge on any atom is 0.151 e. The number of nitrogens with zero attached hydrogens (tertiary/aromatic N) is 3. The predicted octanol–water partition coefficient (Wildman–Crippen LogP) is 3.84. The summed E-state index contributed by atoms with van der Waals surface area (Å²) in [4.78, 5) is 6.75. The average Bonchev–Trinajstić information content (AvgIpc) is 2.84. The second-order valence-electron chi connectivity index (χ2n) is 4.93. The number of aromatic nitrogens is 2. The van der Waals surface area contributed by atoms with Gasteiger partial charge in [0.05, 0.1) is 18.2 Å². The summed E-state index contributed by atoms with van der Waals surface area (Å²) >= 11 is 3.55. The van der Waals surface area contributed by atoms with Crippen molar-refractivity contribution in [3.8, 4) is 17.1 Å². The molecule has 0 radical (unpaired) electrons. The van der Waals surface area contributed by atoms with Crippen molar-refractivity contribution in [1.29, 1.82) is 0 Å².